The summed E-state index contributed by atoms with van der Waals surface area (Å²) in [5.74, 6) is -1.51. The van der Waals surface area contributed by atoms with Crippen molar-refractivity contribution >= 4 is 17.7 Å². The highest BCUT2D eigenvalue weighted by Gasteiger charge is 2.28. The second kappa shape index (κ2) is 5.03. The standard InChI is InChI=1S/C12H15FN2O3/c1-7-6-8(4-5-9(7)13)14-11(18)15-12(2,3)10(16)17/h4-6H,1-3H3,(H,16,17)(H2,14,15,18). The lowest BCUT2D eigenvalue weighted by Crippen LogP contribution is -2.51. The van der Waals surface area contributed by atoms with Crippen LogP contribution in [-0.2, 0) is 4.79 Å². The second-order valence-corrected chi connectivity index (χ2v) is 4.47. The number of carbonyl (C=O) groups is 2. The summed E-state index contributed by atoms with van der Waals surface area (Å²) < 4.78 is 13.0. The number of carbonyl (C=O) groups excluding carboxylic acids is 1. The Balaban J connectivity index is 2.71. The smallest absolute Gasteiger partial charge is 0.328 e. The molecule has 0 saturated heterocycles. The van der Waals surface area contributed by atoms with Crippen LogP contribution in [0.2, 0.25) is 0 Å². The van der Waals surface area contributed by atoms with E-state index < -0.39 is 17.5 Å². The number of benzene rings is 1. The summed E-state index contributed by atoms with van der Waals surface area (Å²) in [6.45, 7) is 4.30. The maximum atomic E-state index is 13.0. The van der Waals surface area contributed by atoms with Crippen LogP contribution in [0.3, 0.4) is 0 Å². The Kier molecular flexibility index (Phi) is 3.90. The van der Waals surface area contributed by atoms with Crippen LogP contribution in [0.1, 0.15) is 19.4 Å². The zero-order chi connectivity index (χ0) is 13.9. The van der Waals surface area contributed by atoms with Gasteiger partial charge >= 0.3 is 12.0 Å². The van der Waals surface area contributed by atoms with Gasteiger partial charge in [0.25, 0.3) is 0 Å². The number of anilines is 1. The molecule has 0 fully saturated rings. The first-order chi connectivity index (χ1) is 8.22. The molecule has 0 aliphatic rings. The van der Waals surface area contributed by atoms with Crippen molar-refractivity contribution in [2.24, 2.45) is 0 Å². The molecular formula is C12H15FN2O3. The number of urea groups is 1. The summed E-state index contributed by atoms with van der Waals surface area (Å²) in [4.78, 5) is 22.4. The fourth-order valence-electron chi connectivity index (χ4n) is 1.22. The van der Waals surface area contributed by atoms with Crippen LogP contribution in [0, 0.1) is 12.7 Å². The van der Waals surface area contributed by atoms with Crippen LogP contribution in [-0.4, -0.2) is 22.6 Å². The molecule has 0 aliphatic carbocycles. The van der Waals surface area contributed by atoms with Gasteiger partial charge in [-0.15, -0.1) is 0 Å². The van der Waals surface area contributed by atoms with Crippen LogP contribution >= 0.6 is 0 Å². The van der Waals surface area contributed by atoms with Crippen molar-refractivity contribution < 1.29 is 19.1 Å². The number of aliphatic carboxylic acids is 1. The largest absolute Gasteiger partial charge is 0.480 e. The number of nitrogens with one attached hydrogen (secondary N) is 2. The van der Waals surface area contributed by atoms with Crippen LogP contribution in [0.5, 0.6) is 0 Å². The lowest BCUT2D eigenvalue weighted by molar-refractivity contribution is -0.142. The molecular weight excluding hydrogens is 239 g/mol. The number of carboxylic acids is 1. The van der Waals surface area contributed by atoms with E-state index in [-0.39, 0.29) is 5.82 Å². The number of amides is 2. The molecule has 0 spiro atoms. The first-order valence-electron chi connectivity index (χ1n) is 5.31. The molecule has 1 aromatic rings. The molecule has 18 heavy (non-hydrogen) atoms. The number of hydrogen-bond donors (Lipinski definition) is 3. The molecule has 2 amide bonds. The molecule has 6 heteroatoms. The number of rotatable bonds is 3. The molecule has 0 aromatic heterocycles. The van der Waals surface area contributed by atoms with Gasteiger partial charge in [-0.1, -0.05) is 0 Å². The SMILES string of the molecule is Cc1cc(NC(=O)NC(C)(C)C(=O)O)ccc1F. The summed E-state index contributed by atoms with van der Waals surface area (Å²) in [6.07, 6.45) is 0. The average molecular weight is 254 g/mol. The van der Waals surface area contributed by atoms with Crippen molar-refractivity contribution in [1.29, 1.82) is 0 Å². The Morgan fingerprint density at radius 3 is 2.44 bits per heavy atom. The summed E-state index contributed by atoms with van der Waals surface area (Å²) in [5.41, 5.74) is -0.586. The summed E-state index contributed by atoms with van der Waals surface area (Å²) in [7, 11) is 0. The molecule has 98 valence electrons. The zero-order valence-electron chi connectivity index (χ0n) is 10.4. The highest BCUT2D eigenvalue weighted by atomic mass is 19.1. The van der Waals surface area contributed by atoms with E-state index in [9.17, 15) is 14.0 Å². The van der Waals surface area contributed by atoms with Gasteiger partial charge in [-0.05, 0) is 44.5 Å². The normalized spacial score (nSPS) is 10.9. The van der Waals surface area contributed by atoms with Crippen LogP contribution in [0.4, 0.5) is 14.9 Å². The van der Waals surface area contributed by atoms with Crippen LogP contribution in [0.15, 0.2) is 18.2 Å². The van der Waals surface area contributed by atoms with Gasteiger partial charge in [-0.2, -0.15) is 0 Å². The first kappa shape index (κ1) is 14.0. The highest BCUT2D eigenvalue weighted by molar-refractivity contribution is 5.93. The summed E-state index contributed by atoms with van der Waals surface area (Å²) >= 11 is 0. The van der Waals surface area contributed by atoms with E-state index in [1.54, 1.807) is 6.92 Å². The number of aryl methyl sites for hydroxylation is 1. The van der Waals surface area contributed by atoms with Gasteiger partial charge in [0.2, 0.25) is 0 Å². The lowest BCUT2D eigenvalue weighted by atomic mass is 10.1. The van der Waals surface area contributed by atoms with Crippen LogP contribution in [0.25, 0.3) is 0 Å². The number of hydrogen-bond acceptors (Lipinski definition) is 2. The van der Waals surface area contributed by atoms with E-state index in [4.69, 9.17) is 5.11 Å². The zero-order valence-corrected chi connectivity index (χ0v) is 10.4. The molecule has 5 nitrogen and oxygen atoms in total. The fourth-order valence-corrected chi connectivity index (χ4v) is 1.22. The Morgan fingerprint density at radius 2 is 1.94 bits per heavy atom. The number of halogens is 1. The van der Waals surface area contributed by atoms with Gasteiger partial charge in [0.1, 0.15) is 11.4 Å². The third-order valence-corrected chi connectivity index (χ3v) is 2.38. The quantitative estimate of drug-likeness (QED) is 0.773. The molecule has 3 N–H and O–H groups in total. The van der Waals surface area contributed by atoms with Gasteiger partial charge in [0, 0.05) is 5.69 Å². The Morgan fingerprint density at radius 1 is 1.33 bits per heavy atom. The number of carboxylic acid groups (broad SMARTS) is 1. The average Bonchev–Trinajstić information content (AvgIpc) is 2.22. The van der Waals surface area contributed by atoms with Gasteiger partial charge in [0.05, 0.1) is 0 Å². The van der Waals surface area contributed by atoms with Crippen molar-refractivity contribution in [3.05, 3.63) is 29.6 Å². The molecule has 1 rings (SSSR count). The van der Waals surface area contributed by atoms with E-state index in [0.29, 0.717) is 11.3 Å². The van der Waals surface area contributed by atoms with E-state index in [1.807, 2.05) is 0 Å². The third-order valence-electron chi connectivity index (χ3n) is 2.38. The van der Waals surface area contributed by atoms with Crippen molar-refractivity contribution in [3.63, 3.8) is 0 Å². The van der Waals surface area contributed by atoms with Crippen molar-refractivity contribution in [3.8, 4) is 0 Å². The topological polar surface area (TPSA) is 78.4 Å². The lowest BCUT2D eigenvalue weighted by Gasteiger charge is -2.21. The van der Waals surface area contributed by atoms with Gasteiger partial charge in [-0.3, -0.25) is 0 Å². The van der Waals surface area contributed by atoms with E-state index >= 15 is 0 Å². The Bertz CT molecular complexity index is 486. The van der Waals surface area contributed by atoms with Crippen LogP contribution < -0.4 is 10.6 Å². The molecule has 0 radical (unpaired) electrons. The van der Waals surface area contributed by atoms with E-state index in [2.05, 4.69) is 10.6 Å². The van der Waals surface area contributed by atoms with Gasteiger partial charge < -0.3 is 15.7 Å². The minimum absolute atomic E-state index is 0.369. The monoisotopic (exact) mass is 254 g/mol. The summed E-state index contributed by atoms with van der Waals surface area (Å²) in [5, 5.41) is 13.6. The van der Waals surface area contributed by atoms with Gasteiger partial charge in [-0.25, -0.2) is 14.0 Å². The van der Waals surface area contributed by atoms with Gasteiger partial charge in [0.15, 0.2) is 0 Å². The molecule has 0 saturated carbocycles. The Hall–Kier alpha value is -2.11. The minimum atomic E-state index is -1.38. The Labute approximate surface area is 104 Å². The highest BCUT2D eigenvalue weighted by Crippen LogP contribution is 2.13. The molecule has 1 aromatic carbocycles. The van der Waals surface area contributed by atoms with Crippen molar-refractivity contribution in [2.75, 3.05) is 5.32 Å². The third kappa shape index (κ3) is 3.44. The molecule has 0 bridgehead atoms. The maximum Gasteiger partial charge on any atom is 0.328 e. The van der Waals surface area contributed by atoms with E-state index in [0.717, 1.165) is 0 Å². The second-order valence-electron chi connectivity index (χ2n) is 4.47. The first-order valence-corrected chi connectivity index (χ1v) is 5.31. The molecule has 0 unspecified atom stereocenters. The molecule has 0 aliphatic heterocycles. The van der Waals surface area contributed by atoms with Crippen molar-refractivity contribution in [1.82, 2.24) is 5.32 Å². The van der Waals surface area contributed by atoms with Crippen molar-refractivity contribution in [2.45, 2.75) is 26.3 Å². The minimum Gasteiger partial charge on any atom is -0.480 e. The predicted molar refractivity (Wildman–Crippen MR) is 65.0 cm³/mol. The fraction of sp³-hybridized carbons (Fsp3) is 0.333. The van der Waals surface area contributed by atoms with E-state index in [1.165, 1.54) is 32.0 Å². The predicted octanol–water partition coefficient (Wildman–Crippen LogP) is 2.12. The summed E-state index contributed by atoms with van der Waals surface area (Å²) in [6, 6.07) is 3.43. The maximum absolute atomic E-state index is 13.0. The molecule has 0 atom stereocenters. The molecule has 0 heterocycles.